The lowest BCUT2D eigenvalue weighted by Gasteiger charge is -2.07. The van der Waals surface area contributed by atoms with Crippen molar-refractivity contribution in [1.29, 1.82) is 0 Å². The van der Waals surface area contributed by atoms with E-state index >= 15 is 0 Å². The summed E-state index contributed by atoms with van der Waals surface area (Å²) in [6, 6.07) is 4.80. The van der Waals surface area contributed by atoms with Gasteiger partial charge in [-0.25, -0.2) is 9.59 Å². The van der Waals surface area contributed by atoms with Crippen molar-refractivity contribution in [3.8, 4) is 0 Å². The summed E-state index contributed by atoms with van der Waals surface area (Å²) in [4.78, 5) is 49.6. The maximum absolute atomic E-state index is 12.5. The van der Waals surface area contributed by atoms with Crippen molar-refractivity contribution in [3.05, 3.63) is 62.5 Å². The van der Waals surface area contributed by atoms with Crippen molar-refractivity contribution in [2.75, 3.05) is 13.2 Å². The fourth-order valence-electron chi connectivity index (χ4n) is 2.59. The average Bonchev–Trinajstić information content (AvgIpc) is 2.93. The molecule has 1 N–H and O–H groups in total. The average molecular weight is 374 g/mol. The number of hydrogen-bond donors (Lipinski definition) is 1. The van der Waals surface area contributed by atoms with Gasteiger partial charge in [-0.3, -0.25) is 14.9 Å². The van der Waals surface area contributed by atoms with E-state index in [0.29, 0.717) is 11.4 Å². The number of nitrogens with one attached hydrogen (secondary N) is 1. The number of nitro groups is 1. The van der Waals surface area contributed by atoms with Crippen LogP contribution < -0.4 is 0 Å². The Bertz CT molecular complexity index is 897. The first-order valence-electron chi connectivity index (χ1n) is 8.07. The van der Waals surface area contributed by atoms with Gasteiger partial charge in [0, 0.05) is 23.5 Å². The minimum atomic E-state index is -0.805. The Morgan fingerprint density at radius 2 is 1.59 bits per heavy atom. The molecule has 9 nitrogen and oxygen atoms in total. The molecule has 142 valence electrons. The first-order valence-corrected chi connectivity index (χ1v) is 8.07. The fraction of sp³-hybridized carbons (Fsp3) is 0.278. The Hall–Kier alpha value is -3.49. The number of ketones is 1. The molecule has 0 radical (unpaired) electrons. The van der Waals surface area contributed by atoms with Crippen LogP contribution in [0.2, 0.25) is 0 Å². The molecule has 2 rings (SSSR count). The smallest absolute Gasteiger partial charge is 0.340 e. The molecule has 0 spiro atoms. The second-order valence-electron chi connectivity index (χ2n) is 5.65. The quantitative estimate of drug-likeness (QED) is 0.341. The number of H-pyrrole nitrogens is 1. The van der Waals surface area contributed by atoms with Gasteiger partial charge in [-0.1, -0.05) is 0 Å². The summed E-state index contributed by atoms with van der Waals surface area (Å²) in [5.41, 5.74) is 1.08. The molecule has 0 fully saturated rings. The summed E-state index contributed by atoms with van der Waals surface area (Å²) in [5.74, 6) is -2.00. The number of carbonyl (C=O) groups excluding carboxylic acids is 3. The molecule has 0 amide bonds. The summed E-state index contributed by atoms with van der Waals surface area (Å²) >= 11 is 0. The maximum Gasteiger partial charge on any atom is 0.340 e. The lowest BCUT2D eigenvalue weighted by molar-refractivity contribution is -0.384. The van der Waals surface area contributed by atoms with Crippen molar-refractivity contribution in [1.82, 2.24) is 4.98 Å². The van der Waals surface area contributed by atoms with Gasteiger partial charge in [0.2, 0.25) is 5.78 Å². The third kappa shape index (κ3) is 4.38. The number of non-ortho nitro benzene ring substituents is 1. The normalized spacial score (nSPS) is 10.3. The van der Waals surface area contributed by atoms with Gasteiger partial charge in [-0.05, 0) is 32.9 Å². The second kappa shape index (κ2) is 8.26. The number of benzene rings is 1. The first kappa shape index (κ1) is 19.8. The molecular formula is C18H18N2O7. The number of nitro benzene ring substituents is 1. The number of aryl methyl sites for hydroxylation is 2. The van der Waals surface area contributed by atoms with Gasteiger partial charge in [0.25, 0.3) is 5.69 Å². The van der Waals surface area contributed by atoms with Gasteiger partial charge in [-0.15, -0.1) is 0 Å². The number of rotatable bonds is 7. The van der Waals surface area contributed by atoms with Crippen molar-refractivity contribution >= 4 is 23.4 Å². The molecule has 0 saturated carbocycles. The second-order valence-corrected chi connectivity index (χ2v) is 5.65. The van der Waals surface area contributed by atoms with Crippen molar-refractivity contribution in [2.45, 2.75) is 20.8 Å². The molecule has 1 heterocycles. The summed E-state index contributed by atoms with van der Waals surface area (Å²) in [6.45, 7) is 4.49. The lowest BCUT2D eigenvalue weighted by atomic mass is 10.1. The summed E-state index contributed by atoms with van der Waals surface area (Å²) in [5, 5.41) is 10.6. The lowest BCUT2D eigenvalue weighted by Crippen LogP contribution is -2.18. The zero-order valence-electron chi connectivity index (χ0n) is 15.0. The van der Waals surface area contributed by atoms with Crippen LogP contribution in [-0.2, 0) is 9.47 Å². The van der Waals surface area contributed by atoms with E-state index in [1.165, 1.54) is 12.1 Å². The van der Waals surface area contributed by atoms with Crippen molar-refractivity contribution in [3.63, 3.8) is 0 Å². The number of aromatic nitrogens is 1. The summed E-state index contributed by atoms with van der Waals surface area (Å²) < 4.78 is 9.94. The third-order valence-electron chi connectivity index (χ3n) is 3.78. The number of hydrogen-bond acceptors (Lipinski definition) is 7. The van der Waals surface area contributed by atoms with E-state index in [1.54, 1.807) is 20.8 Å². The van der Waals surface area contributed by atoms with E-state index in [9.17, 15) is 24.5 Å². The molecule has 0 unspecified atom stereocenters. The van der Waals surface area contributed by atoms with Gasteiger partial charge < -0.3 is 14.5 Å². The Labute approximate surface area is 154 Å². The molecule has 0 bridgehead atoms. The van der Waals surface area contributed by atoms with Crippen LogP contribution in [0, 0.1) is 24.0 Å². The van der Waals surface area contributed by atoms with Gasteiger partial charge >= 0.3 is 11.9 Å². The van der Waals surface area contributed by atoms with Gasteiger partial charge in [-0.2, -0.15) is 0 Å². The molecule has 1 aromatic heterocycles. The van der Waals surface area contributed by atoms with Crippen LogP contribution in [0.25, 0.3) is 0 Å². The first-order chi connectivity index (χ1) is 12.8. The summed E-state index contributed by atoms with van der Waals surface area (Å²) in [6.07, 6.45) is 0. The SMILES string of the molecule is CCOC(=O)c1c(C)[nH]c(C)c1C(=O)COC(=O)c1ccc([N+](=O)[O-])cc1. The van der Waals surface area contributed by atoms with Crippen LogP contribution in [0.5, 0.6) is 0 Å². The molecule has 0 aliphatic rings. The highest BCUT2D eigenvalue weighted by atomic mass is 16.6. The van der Waals surface area contributed by atoms with Crippen LogP contribution in [0.4, 0.5) is 5.69 Å². The number of nitrogens with zero attached hydrogens (tertiary/aromatic N) is 1. The third-order valence-corrected chi connectivity index (χ3v) is 3.78. The number of carbonyl (C=O) groups is 3. The molecule has 9 heteroatoms. The highest BCUT2D eigenvalue weighted by molar-refractivity contribution is 6.09. The van der Waals surface area contributed by atoms with E-state index in [-0.39, 0.29) is 29.0 Å². The molecule has 0 aliphatic heterocycles. The molecule has 0 atom stereocenters. The molecule has 27 heavy (non-hydrogen) atoms. The topological polar surface area (TPSA) is 129 Å². The van der Waals surface area contributed by atoms with Crippen LogP contribution in [0.1, 0.15) is 49.4 Å². The summed E-state index contributed by atoms with van der Waals surface area (Å²) in [7, 11) is 0. The molecule has 0 saturated heterocycles. The van der Waals surface area contributed by atoms with Gasteiger partial charge in [0.1, 0.15) is 0 Å². The van der Waals surface area contributed by atoms with E-state index in [0.717, 1.165) is 12.1 Å². The number of ether oxygens (including phenoxy) is 2. The van der Waals surface area contributed by atoms with Crippen LogP contribution in [0.3, 0.4) is 0 Å². The fourth-order valence-corrected chi connectivity index (χ4v) is 2.59. The Balaban J connectivity index is 2.12. The van der Waals surface area contributed by atoms with Gasteiger partial charge in [0.05, 0.1) is 28.2 Å². The number of Topliss-reactive ketones (excluding diaryl/α,β-unsaturated/α-hetero) is 1. The van der Waals surface area contributed by atoms with Crippen LogP contribution >= 0.6 is 0 Å². The molecule has 1 aromatic carbocycles. The Morgan fingerprint density at radius 3 is 2.15 bits per heavy atom. The zero-order chi connectivity index (χ0) is 20.1. The number of aromatic amines is 1. The molecular weight excluding hydrogens is 356 g/mol. The highest BCUT2D eigenvalue weighted by Gasteiger charge is 2.26. The predicted octanol–water partition coefficient (Wildman–Crippen LogP) is 2.76. The minimum absolute atomic E-state index is 0.0704. The Morgan fingerprint density at radius 1 is 1.00 bits per heavy atom. The van der Waals surface area contributed by atoms with E-state index in [2.05, 4.69) is 4.98 Å². The van der Waals surface area contributed by atoms with E-state index < -0.39 is 29.3 Å². The highest BCUT2D eigenvalue weighted by Crippen LogP contribution is 2.21. The van der Waals surface area contributed by atoms with E-state index in [4.69, 9.17) is 9.47 Å². The van der Waals surface area contributed by atoms with E-state index in [1.807, 2.05) is 0 Å². The maximum atomic E-state index is 12.5. The minimum Gasteiger partial charge on any atom is -0.462 e. The number of esters is 2. The van der Waals surface area contributed by atoms with Crippen molar-refractivity contribution < 1.29 is 28.8 Å². The molecule has 0 aliphatic carbocycles. The zero-order valence-corrected chi connectivity index (χ0v) is 15.0. The standard InChI is InChI=1S/C18H18N2O7/c1-4-26-18(23)16-11(3)19-10(2)15(16)14(21)9-27-17(22)12-5-7-13(8-6-12)20(24)25/h5-8,19H,4,9H2,1-3H3. The molecule has 2 aromatic rings. The van der Waals surface area contributed by atoms with Crippen molar-refractivity contribution in [2.24, 2.45) is 0 Å². The monoisotopic (exact) mass is 374 g/mol. The van der Waals surface area contributed by atoms with Crippen LogP contribution in [-0.4, -0.2) is 40.8 Å². The predicted molar refractivity (Wildman–Crippen MR) is 93.9 cm³/mol. The van der Waals surface area contributed by atoms with Crippen LogP contribution in [0.15, 0.2) is 24.3 Å². The van der Waals surface area contributed by atoms with Gasteiger partial charge in [0.15, 0.2) is 6.61 Å². The Kier molecular flexibility index (Phi) is 6.07. The largest absolute Gasteiger partial charge is 0.462 e.